The summed E-state index contributed by atoms with van der Waals surface area (Å²) >= 11 is 0. The van der Waals surface area contributed by atoms with E-state index in [1.807, 2.05) is 71.3 Å². The van der Waals surface area contributed by atoms with Gasteiger partial charge in [0.15, 0.2) is 20.2 Å². The highest BCUT2D eigenvalue weighted by molar-refractivity contribution is 7.44. The first-order valence-corrected chi connectivity index (χ1v) is 24.9. The van der Waals surface area contributed by atoms with Crippen LogP contribution in [0.15, 0.2) is 97.7 Å². The van der Waals surface area contributed by atoms with Crippen molar-refractivity contribution in [3.63, 3.8) is 0 Å². The van der Waals surface area contributed by atoms with Gasteiger partial charge in [-0.15, -0.1) is 0 Å². The summed E-state index contributed by atoms with van der Waals surface area (Å²) in [5.74, 6) is 1.45. The third kappa shape index (κ3) is 10.0. The number of imidazole rings is 1. The second-order valence-electron chi connectivity index (χ2n) is 17.2. The van der Waals surface area contributed by atoms with E-state index in [0.29, 0.717) is 11.2 Å². The minimum atomic E-state index is -2.53. The molecule has 0 radical (unpaired) electrons. The number of fused-ring (bicyclic) bond motifs is 1. The normalized spacial score (nSPS) is 19.2. The molecule has 0 saturated carbocycles. The maximum Gasteiger partial charge on any atom is 0.259 e. The van der Waals surface area contributed by atoms with Crippen molar-refractivity contribution < 1.29 is 32.4 Å². The number of rotatable bonds is 19. The molecule has 3 aromatic carbocycles. The molecule has 0 spiro atoms. The van der Waals surface area contributed by atoms with Crippen LogP contribution in [0.25, 0.3) is 11.2 Å². The first-order valence-electron chi connectivity index (χ1n) is 20.8. The van der Waals surface area contributed by atoms with Gasteiger partial charge in [-0.3, -0.25) is 4.57 Å². The number of nitriles is 1. The zero-order chi connectivity index (χ0) is 44.0. The standard InChI is InChI=1S/C46H61N6O7PSi/c1-32(2)52(33(3)4)60(56-27-15-26-47)58-41-40(57-44(42(41)59-61(10,11)45(5,6)7)51-31-50-39-28-48-30-49-43(39)51)29-55-46(34-16-13-12-14-17-34,35-18-22-37(53-8)23-19-35)36-20-24-38(54-9)25-21-36/h12-14,16-25,28,30-33,40-42,44H,15,27,29H2,1-11H3/t40-,41-,42-,44-,60?/m1/s1. The van der Waals surface area contributed by atoms with Crippen LogP contribution in [0.2, 0.25) is 18.1 Å². The van der Waals surface area contributed by atoms with Crippen LogP contribution in [0.1, 0.15) is 77.8 Å². The lowest BCUT2D eigenvalue weighted by molar-refractivity contribution is -0.0926. The number of aromatic nitrogens is 4. The Balaban J connectivity index is 1.54. The maximum atomic E-state index is 9.56. The minimum Gasteiger partial charge on any atom is -0.497 e. The molecule has 2 aromatic heterocycles. The molecule has 5 aromatic rings. The molecular formula is C46H61N6O7PSi. The van der Waals surface area contributed by atoms with E-state index in [0.717, 1.165) is 28.2 Å². The Labute approximate surface area is 363 Å². The van der Waals surface area contributed by atoms with Crippen LogP contribution in [-0.2, 0) is 28.5 Å². The topological polar surface area (TPSA) is 135 Å². The number of ether oxygens (including phenoxy) is 4. The number of hydrogen-bond donors (Lipinski definition) is 0. The van der Waals surface area contributed by atoms with Gasteiger partial charge in [-0.05, 0) is 86.8 Å². The third-order valence-electron chi connectivity index (χ3n) is 11.5. The van der Waals surface area contributed by atoms with Crippen LogP contribution >= 0.6 is 8.53 Å². The summed E-state index contributed by atoms with van der Waals surface area (Å²) < 4.78 is 51.5. The van der Waals surface area contributed by atoms with E-state index in [-0.39, 0.29) is 36.8 Å². The molecule has 3 heterocycles. The molecular weight excluding hydrogens is 808 g/mol. The average molecular weight is 869 g/mol. The van der Waals surface area contributed by atoms with Crippen LogP contribution in [0, 0.1) is 11.3 Å². The molecule has 1 fully saturated rings. The Bertz CT molecular complexity index is 2140. The molecule has 1 aliphatic rings. The van der Waals surface area contributed by atoms with Gasteiger partial charge in [0.2, 0.25) is 0 Å². The molecule has 5 atom stereocenters. The zero-order valence-electron chi connectivity index (χ0n) is 37.3. The highest BCUT2D eigenvalue weighted by atomic mass is 31.2. The van der Waals surface area contributed by atoms with E-state index in [4.69, 9.17) is 32.4 Å². The number of methoxy groups -OCH3 is 2. The summed E-state index contributed by atoms with van der Waals surface area (Å²) in [6.45, 7) is 19.9. The predicted molar refractivity (Wildman–Crippen MR) is 240 cm³/mol. The lowest BCUT2D eigenvalue weighted by Crippen LogP contribution is -2.50. The highest BCUT2D eigenvalue weighted by Gasteiger charge is 2.54. The van der Waals surface area contributed by atoms with Crippen molar-refractivity contribution in [1.29, 1.82) is 5.26 Å². The fraction of sp³-hybridized carbons (Fsp3) is 0.478. The largest absolute Gasteiger partial charge is 0.497 e. The summed E-state index contributed by atoms with van der Waals surface area (Å²) in [6, 6.07) is 28.5. The van der Waals surface area contributed by atoms with E-state index < -0.39 is 47.0 Å². The average Bonchev–Trinajstić information content (AvgIpc) is 3.81. The molecule has 0 N–H and O–H groups in total. The van der Waals surface area contributed by atoms with Crippen molar-refractivity contribution in [1.82, 2.24) is 24.2 Å². The summed E-state index contributed by atoms with van der Waals surface area (Å²) in [5.41, 5.74) is 2.79. The van der Waals surface area contributed by atoms with Crippen LogP contribution in [0.4, 0.5) is 0 Å². The van der Waals surface area contributed by atoms with E-state index in [2.05, 4.69) is 99.4 Å². The van der Waals surface area contributed by atoms with Gasteiger partial charge in [0.25, 0.3) is 8.53 Å². The molecule has 0 aliphatic carbocycles. The molecule has 0 bridgehead atoms. The fourth-order valence-corrected chi connectivity index (χ4v) is 10.5. The van der Waals surface area contributed by atoms with Gasteiger partial charge in [-0.25, -0.2) is 19.6 Å². The highest BCUT2D eigenvalue weighted by Crippen LogP contribution is 2.53. The summed E-state index contributed by atoms with van der Waals surface area (Å²) in [6.07, 6.45) is 2.36. The maximum absolute atomic E-state index is 9.56. The van der Waals surface area contributed by atoms with Crippen molar-refractivity contribution in [2.24, 2.45) is 0 Å². The third-order valence-corrected chi connectivity index (χ3v) is 18.1. The Hall–Kier alpha value is -4.29. The van der Waals surface area contributed by atoms with Gasteiger partial charge < -0.3 is 32.4 Å². The summed E-state index contributed by atoms with van der Waals surface area (Å²) in [4.78, 5) is 13.5. The molecule has 0 amide bonds. The van der Waals surface area contributed by atoms with Gasteiger partial charge >= 0.3 is 0 Å². The van der Waals surface area contributed by atoms with Crippen molar-refractivity contribution >= 4 is 28.0 Å². The van der Waals surface area contributed by atoms with E-state index in [1.54, 1.807) is 26.7 Å². The van der Waals surface area contributed by atoms with Gasteiger partial charge in [-0.1, -0.05) is 75.4 Å². The number of nitrogens with zero attached hydrogens (tertiary/aromatic N) is 6. The lowest BCUT2D eigenvalue weighted by atomic mass is 9.80. The van der Waals surface area contributed by atoms with Gasteiger partial charge in [0.1, 0.15) is 47.3 Å². The lowest BCUT2D eigenvalue weighted by Gasteiger charge is -2.42. The fourth-order valence-electron chi connectivity index (χ4n) is 7.49. The Morgan fingerprint density at radius 2 is 1.44 bits per heavy atom. The first-order chi connectivity index (χ1) is 29.1. The molecule has 13 nitrogen and oxygen atoms in total. The Kier molecular flexibility index (Phi) is 15.0. The quantitative estimate of drug-likeness (QED) is 0.0338. The van der Waals surface area contributed by atoms with Crippen molar-refractivity contribution in [2.45, 2.75) is 115 Å². The van der Waals surface area contributed by atoms with Crippen molar-refractivity contribution in [3.05, 3.63) is 114 Å². The first kappa shape index (κ1) is 46.2. The second kappa shape index (κ2) is 19.8. The van der Waals surface area contributed by atoms with Crippen LogP contribution < -0.4 is 9.47 Å². The molecule has 6 rings (SSSR count). The second-order valence-corrected chi connectivity index (χ2v) is 23.4. The smallest absolute Gasteiger partial charge is 0.259 e. The van der Waals surface area contributed by atoms with Crippen LogP contribution in [0.5, 0.6) is 11.5 Å². The van der Waals surface area contributed by atoms with E-state index in [1.165, 1.54) is 6.33 Å². The number of hydrogen-bond acceptors (Lipinski definition) is 12. The zero-order valence-corrected chi connectivity index (χ0v) is 39.2. The molecule has 15 heteroatoms. The van der Waals surface area contributed by atoms with Crippen LogP contribution in [0.3, 0.4) is 0 Å². The minimum absolute atomic E-state index is 0.0611. The SMILES string of the molecule is COc1ccc(C(OC[C@H]2O[C@@H](n3cnc4cncnc43)[C@H](O[Si](C)(C)C(C)(C)C)[C@@H]2OP(OCCC#N)N(C(C)C)C(C)C)(c2ccccc2)c2ccc(OC)cc2)cc1. The van der Waals surface area contributed by atoms with Crippen LogP contribution in [-0.4, -0.2) is 90.3 Å². The number of benzene rings is 3. The molecule has 326 valence electrons. The van der Waals surface area contributed by atoms with E-state index >= 15 is 0 Å². The van der Waals surface area contributed by atoms with E-state index in [9.17, 15) is 5.26 Å². The van der Waals surface area contributed by atoms with Crippen molar-refractivity contribution in [2.75, 3.05) is 27.4 Å². The Morgan fingerprint density at radius 3 is 1.98 bits per heavy atom. The monoisotopic (exact) mass is 868 g/mol. The molecule has 61 heavy (non-hydrogen) atoms. The van der Waals surface area contributed by atoms with Gasteiger partial charge in [0, 0.05) is 12.1 Å². The summed E-state index contributed by atoms with van der Waals surface area (Å²) in [5, 5.41) is 9.40. The summed E-state index contributed by atoms with van der Waals surface area (Å²) in [7, 11) is -0.958. The molecule has 1 unspecified atom stereocenters. The van der Waals surface area contributed by atoms with Gasteiger partial charge in [0.05, 0.1) is 52.4 Å². The van der Waals surface area contributed by atoms with Gasteiger partial charge in [-0.2, -0.15) is 5.26 Å². The predicted octanol–water partition coefficient (Wildman–Crippen LogP) is 9.80. The molecule has 1 aliphatic heterocycles. The Morgan fingerprint density at radius 1 is 0.852 bits per heavy atom. The van der Waals surface area contributed by atoms with Crippen molar-refractivity contribution in [3.8, 4) is 17.6 Å². The molecule has 1 saturated heterocycles.